The molecule has 1 saturated heterocycles. The van der Waals surface area contributed by atoms with Crippen molar-refractivity contribution < 1.29 is 9.09 Å². The molecule has 0 aliphatic carbocycles. The van der Waals surface area contributed by atoms with E-state index in [0.29, 0.717) is 0 Å². The van der Waals surface area contributed by atoms with Crippen molar-refractivity contribution in [3.05, 3.63) is 0 Å². The molecule has 1 heterocycles. The lowest BCUT2D eigenvalue weighted by atomic mass is 9.69. The highest BCUT2D eigenvalue weighted by atomic mass is 31.2. The highest BCUT2D eigenvalue weighted by Gasteiger charge is 2.75. The van der Waals surface area contributed by atoms with E-state index in [9.17, 15) is 4.57 Å². The van der Waals surface area contributed by atoms with Crippen molar-refractivity contribution in [3.8, 4) is 0 Å². The summed E-state index contributed by atoms with van der Waals surface area (Å²) in [6.07, 6.45) is 0. The van der Waals surface area contributed by atoms with Gasteiger partial charge < -0.3 is 4.52 Å². The quantitative estimate of drug-likeness (QED) is 0.611. The van der Waals surface area contributed by atoms with Crippen LogP contribution in [0.1, 0.15) is 41.5 Å². The van der Waals surface area contributed by atoms with Gasteiger partial charge >= 0.3 is 0 Å². The summed E-state index contributed by atoms with van der Waals surface area (Å²) in [7, 11) is -0.932. The van der Waals surface area contributed by atoms with E-state index in [1.807, 2.05) is 27.7 Å². The van der Waals surface area contributed by atoms with E-state index < -0.39 is 7.37 Å². The zero-order valence-electron chi connectivity index (χ0n) is 9.76. The Labute approximate surface area is 81.5 Å². The molecule has 2 nitrogen and oxygen atoms in total. The fraction of sp³-hybridized carbons (Fsp3) is 1.00. The van der Waals surface area contributed by atoms with Crippen LogP contribution < -0.4 is 0 Å². The summed E-state index contributed by atoms with van der Waals surface area (Å²) < 4.78 is 17.8. The zero-order chi connectivity index (χ0) is 10.7. The lowest BCUT2D eigenvalue weighted by molar-refractivity contribution is 0.103. The first-order valence-electron chi connectivity index (χ1n) is 4.72. The molecule has 1 rings (SSSR count). The van der Waals surface area contributed by atoms with Crippen molar-refractivity contribution in [2.45, 2.75) is 51.9 Å². The molecule has 1 fully saturated rings. The predicted octanol–water partition coefficient (Wildman–Crippen LogP) is 3.51. The van der Waals surface area contributed by atoms with Crippen molar-refractivity contribution in [1.29, 1.82) is 0 Å². The van der Waals surface area contributed by atoms with Gasteiger partial charge in [-0.2, -0.15) is 0 Å². The van der Waals surface area contributed by atoms with Crippen molar-refractivity contribution >= 4 is 7.37 Å². The summed E-state index contributed by atoms with van der Waals surface area (Å²) in [5, 5.41) is -0.420. The predicted molar refractivity (Wildman–Crippen MR) is 56.6 cm³/mol. The van der Waals surface area contributed by atoms with Gasteiger partial charge in [-0.3, -0.25) is 4.57 Å². The first-order valence-corrected chi connectivity index (χ1v) is 6.35. The third kappa shape index (κ3) is 0.824. The molecule has 0 bridgehead atoms. The van der Waals surface area contributed by atoms with Crippen LogP contribution in [-0.4, -0.2) is 17.4 Å². The van der Waals surface area contributed by atoms with Gasteiger partial charge in [-0.1, -0.05) is 41.5 Å². The Hall–Kier alpha value is 0.190. The Morgan fingerprint density at radius 3 is 1.38 bits per heavy atom. The van der Waals surface area contributed by atoms with Crippen LogP contribution in [0.2, 0.25) is 0 Å². The summed E-state index contributed by atoms with van der Waals surface area (Å²) >= 11 is 0. The Morgan fingerprint density at radius 1 is 0.923 bits per heavy atom. The summed E-state index contributed by atoms with van der Waals surface area (Å²) in [4.78, 5) is 0. The van der Waals surface area contributed by atoms with Gasteiger partial charge in [-0.05, 0) is 5.41 Å². The van der Waals surface area contributed by atoms with Crippen LogP contribution in [0.5, 0.6) is 0 Å². The SMILES string of the molecule is COP1(=O)C(C)(C)C(C)(C)C1(C)C. The molecule has 3 heteroatoms. The molecule has 0 spiro atoms. The lowest BCUT2D eigenvalue weighted by Gasteiger charge is -2.68. The molecule has 0 N–H and O–H groups in total. The van der Waals surface area contributed by atoms with Crippen molar-refractivity contribution in [2.24, 2.45) is 5.41 Å². The van der Waals surface area contributed by atoms with Gasteiger partial charge in [-0.15, -0.1) is 0 Å². The monoisotopic (exact) mass is 204 g/mol. The highest BCUT2D eigenvalue weighted by Crippen LogP contribution is 2.86. The number of rotatable bonds is 1. The van der Waals surface area contributed by atoms with Gasteiger partial charge in [0.05, 0.1) is 0 Å². The smallest absolute Gasteiger partial charge is 0.214 e. The lowest BCUT2D eigenvalue weighted by Crippen LogP contribution is -2.65. The molecule has 0 aromatic heterocycles. The minimum absolute atomic E-state index is 0.0610. The first-order chi connectivity index (χ1) is 5.56. The van der Waals surface area contributed by atoms with Crippen LogP contribution >= 0.6 is 7.37 Å². The molecule has 1 aliphatic heterocycles. The topological polar surface area (TPSA) is 26.3 Å². The molecule has 0 unspecified atom stereocenters. The molecule has 0 saturated carbocycles. The second-order valence-electron chi connectivity index (χ2n) is 5.48. The highest BCUT2D eigenvalue weighted by molar-refractivity contribution is 7.64. The van der Waals surface area contributed by atoms with Gasteiger partial charge in [0.25, 0.3) is 0 Å². The normalized spacial score (nSPS) is 32.2. The maximum atomic E-state index is 12.5. The Bertz CT molecular complexity index is 255. The minimum atomic E-state index is -2.50. The van der Waals surface area contributed by atoms with Crippen LogP contribution in [0.25, 0.3) is 0 Å². The van der Waals surface area contributed by atoms with E-state index in [1.54, 1.807) is 7.11 Å². The van der Waals surface area contributed by atoms with Crippen LogP contribution in [-0.2, 0) is 9.09 Å². The molecule has 0 aromatic carbocycles. The third-order valence-corrected chi connectivity index (χ3v) is 9.36. The van der Waals surface area contributed by atoms with E-state index in [-0.39, 0.29) is 15.7 Å². The fourth-order valence-electron chi connectivity index (χ4n) is 2.59. The molecule has 1 aliphatic rings. The van der Waals surface area contributed by atoms with E-state index >= 15 is 0 Å². The van der Waals surface area contributed by atoms with Crippen LogP contribution in [0.3, 0.4) is 0 Å². The Morgan fingerprint density at radius 2 is 1.23 bits per heavy atom. The van der Waals surface area contributed by atoms with Crippen molar-refractivity contribution in [2.75, 3.05) is 7.11 Å². The van der Waals surface area contributed by atoms with Crippen LogP contribution in [0, 0.1) is 5.41 Å². The molecule has 0 aromatic rings. The van der Waals surface area contributed by atoms with Gasteiger partial charge in [0.2, 0.25) is 7.37 Å². The van der Waals surface area contributed by atoms with Gasteiger partial charge in [-0.25, -0.2) is 0 Å². The molecule has 78 valence electrons. The van der Waals surface area contributed by atoms with E-state index in [1.165, 1.54) is 0 Å². The summed E-state index contributed by atoms with van der Waals surface area (Å²) in [6, 6.07) is 0. The molecular weight excluding hydrogens is 183 g/mol. The largest absolute Gasteiger partial charge is 0.331 e. The molecular formula is C10H21O2P. The third-order valence-electron chi connectivity index (χ3n) is 4.79. The van der Waals surface area contributed by atoms with E-state index in [2.05, 4.69) is 13.8 Å². The Balaban J connectivity index is 3.27. The van der Waals surface area contributed by atoms with Gasteiger partial charge in [0.1, 0.15) is 0 Å². The zero-order valence-corrected chi connectivity index (χ0v) is 10.7. The van der Waals surface area contributed by atoms with E-state index in [4.69, 9.17) is 4.52 Å². The summed E-state index contributed by atoms with van der Waals surface area (Å²) in [5.41, 5.74) is 0.0610. The molecule has 13 heavy (non-hydrogen) atoms. The average molecular weight is 204 g/mol. The standard InChI is InChI=1S/C10H21O2P/c1-8(2)9(3,4)13(11,12-7)10(8,5)6/h1-7H3. The summed E-state index contributed by atoms with van der Waals surface area (Å²) in [5.74, 6) is 0. The molecule has 0 amide bonds. The van der Waals surface area contributed by atoms with Crippen molar-refractivity contribution in [3.63, 3.8) is 0 Å². The van der Waals surface area contributed by atoms with Gasteiger partial charge in [0, 0.05) is 17.4 Å². The average Bonchev–Trinajstić information content (AvgIpc) is 2.00. The maximum Gasteiger partial charge on any atom is 0.214 e. The van der Waals surface area contributed by atoms with Crippen LogP contribution in [0.15, 0.2) is 0 Å². The second-order valence-corrected chi connectivity index (χ2v) is 9.18. The maximum absolute atomic E-state index is 12.5. The van der Waals surface area contributed by atoms with Crippen molar-refractivity contribution in [1.82, 2.24) is 0 Å². The molecule has 0 radical (unpaired) electrons. The van der Waals surface area contributed by atoms with Crippen LogP contribution in [0.4, 0.5) is 0 Å². The minimum Gasteiger partial charge on any atom is -0.331 e. The second kappa shape index (κ2) is 2.41. The Kier molecular flexibility index (Phi) is 2.08. The van der Waals surface area contributed by atoms with E-state index in [0.717, 1.165) is 0 Å². The number of hydrogen-bond donors (Lipinski definition) is 0. The first kappa shape index (κ1) is 11.3. The fourth-order valence-corrected chi connectivity index (χ4v) is 6.76. The van der Waals surface area contributed by atoms with Gasteiger partial charge in [0.15, 0.2) is 0 Å². The number of hydrogen-bond acceptors (Lipinski definition) is 2. The summed E-state index contributed by atoms with van der Waals surface area (Å²) in [6.45, 7) is 12.5. The molecule has 0 atom stereocenters.